The maximum Gasteiger partial charge on any atom is 0.119 e. The van der Waals surface area contributed by atoms with Crippen LogP contribution >= 0.6 is 0 Å². The van der Waals surface area contributed by atoms with Crippen molar-refractivity contribution < 1.29 is 9.84 Å². The number of benzene rings is 1. The predicted octanol–water partition coefficient (Wildman–Crippen LogP) is 3.24. The molecule has 0 radical (unpaired) electrons. The van der Waals surface area contributed by atoms with Crippen LogP contribution in [0.5, 0.6) is 5.75 Å². The third-order valence-electron chi connectivity index (χ3n) is 3.92. The van der Waals surface area contributed by atoms with Crippen LogP contribution in [0.2, 0.25) is 0 Å². The summed E-state index contributed by atoms with van der Waals surface area (Å²) in [6, 6.07) is 8.07. The summed E-state index contributed by atoms with van der Waals surface area (Å²) in [4.78, 5) is 4.23. The van der Waals surface area contributed by atoms with Gasteiger partial charge in [0, 0.05) is 5.69 Å². The van der Waals surface area contributed by atoms with Gasteiger partial charge in [-0.25, -0.2) is 4.98 Å². The first-order chi connectivity index (χ1) is 10.3. The third kappa shape index (κ3) is 4.10. The molecule has 1 heterocycles. The number of aromatic nitrogens is 2. The summed E-state index contributed by atoms with van der Waals surface area (Å²) >= 11 is 0. The number of aryl methyl sites for hydroxylation is 1. The van der Waals surface area contributed by atoms with Gasteiger partial charge < -0.3 is 14.4 Å². The van der Waals surface area contributed by atoms with Crippen molar-refractivity contribution in [3.63, 3.8) is 0 Å². The van der Waals surface area contributed by atoms with Gasteiger partial charge >= 0.3 is 0 Å². The summed E-state index contributed by atoms with van der Waals surface area (Å²) < 4.78 is 7.62. The van der Waals surface area contributed by atoms with Crippen molar-refractivity contribution >= 4 is 0 Å². The van der Waals surface area contributed by atoms with Crippen LogP contribution in [0.3, 0.4) is 0 Å². The van der Waals surface area contributed by atoms with E-state index in [1.807, 2.05) is 30.5 Å². The molecule has 0 aliphatic heterocycles. The molecule has 1 aromatic carbocycles. The van der Waals surface area contributed by atoms with Crippen LogP contribution in [0.25, 0.3) is 0 Å². The molecule has 120 valence electrons. The zero-order valence-corrected chi connectivity index (χ0v) is 14.1. The molecule has 4 heteroatoms. The van der Waals surface area contributed by atoms with Crippen molar-refractivity contribution in [3.8, 4) is 5.75 Å². The monoisotopic (exact) mass is 302 g/mol. The van der Waals surface area contributed by atoms with E-state index in [0.29, 0.717) is 6.54 Å². The summed E-state index contributed by atoms with van der Waals surface area (Å²) in [5.74, 6) is 0.783. The highest BCUT2D eigenvalue weighted by Crippen LogP contribution is 2.24. The van der Waals surface area contributed by atoms with Crippen LogP contribution in [-0.2, 0) is 12.0 Å². The normalized spacial score (nSPS) is 13.2. The quantitative estimate of drug-likeness (QED) is 0.922. The highest BCUT2D eigenvalue weighted by molar-refractivity contribution is 5.31. The SMILES string of the molecule is Cc1ncn(CC(O)COc2ccc(C(C)(C)C)cc2)c1C. The minimum Gasteiger partial charge on any atom is -0.491 e. The zero-order valence-electron chi connectivity index (χ0n) is 14.1. The average Bonchev–Trinajstić information content (AvgIpc) is 2.77. The Labute approximate surface area is 132 Å². The Morgan fingerprint density at radius 3 is 2.32 bits per heavy atom. The number of aliphatic hydroxyl groups is 1. The highest BCUT2D eigenvalue weighted by Gasteiger charge is 2.13. The van der Waals surface area contributed by atoms with E-state index in [9.17, 15) is 5.11 Å². The van der Waals surface area contributed by atoms with E-state index in [0.717, 1.165) is 17.1 Å². The first-order valence-electron chi connectivity index (χ1n) is 7.67. The number of ether oxygens (including phenoxy) is 1. The Bertz CT molecular complexity index is 609. The maximum absolute atomic E-state index is 10.1. The van der Waals surface area contributed by atoms with E-state index >= 15 is 0 Å². The second-order valence-electron chi connectivity index (χ2n) is 6.81. The summed E-state index contributed by atoms with van der Waals surface area (Å²) in [5, 5.41) is 10.1. The second-order valence-corrected chi connectivity index (χ2v) is 6.81. The highest BCUT2D eigenvalue weighted by atomic mass is 16.5. The lowest BCUT2D eigenvalue weighted by atomic mass is 9.87. The molecule has 22 heavy (non-hydrogen) atoms. The number of rotatable bonds is 5. The summed E-state index contributed by atoms with van der Waals surface area (Å²) in [7, 11) is 0. The molecular formula is C18H26N2O2. The van der Waals surface area contributed by atoms with Crippen LogP contribution in [0.4, 0.5) is 0 Å². The van der Waals surface area contributed by atoms with Gasteiger partial charge in [-0.2, -0.15) is 0 Å². The van der Waals surface area contributed by atoms with Crippen LogP contribution in [-0.4, -0.2) is 27.4 Å². The Balaban J connectivity index is 1.88. The van der Waals surface area contributed by atoms with Gasteiger partial charge in [0.2, 0.25) is 0 Å². The van der Waals surface area contributed by atoms with Crippen LogP contribution in [0, 0.1) is 13.8 Å². The van der Waals surface area contributed by atoms with Crippen molar-refractivity contribution in [2.45, 2.75) is 52.7 Å². The molecule has 1 aromatic heterocycles. The molecule has 2 aromatic rings. The zero-order chi connectivity index (χ0) is 16.3. The van der Waals surface area contributed by atoms with Gasteiger partial charge in [-0.3, -0.25) is 0 Å². The minimum atomic E-state index is -0.561. The standard InChI is InChI=1S/C18H26N2O2/c1-13-14(2)20(12-19-13)10-16(21)11-22-17-8-6-15(7-9-17)18(3,4)5/h6-9,12,16,21H,10-11H2,1-5H3. The predicted molar refractivity (Wildman–Crippen MR) is 88.3 cm³/mol. The molecule has 0 saturated heterocycles. The molecule has 1 N–H and O–H groups in total. The number of imidazole rings is 1. The summed E-state index contributed by atoms with van der Waals surface area (Å²) in [5.41, 5.74) is 3.47. The maximum atomic E-state index is 10.1. The Morgan fingerprint density at radius 2 is 1.82 bits per heavy atom. The number of nitrogens with zero attached hydrogens (tertiary/aromatic N) is 2. The van der Waals surface area contributed by atoms with Crippen molar-refractivity contribution in [2.24, 2.45) is 0 Å². The van der Waals surface area contributed by atoms with Crippen LogP contribution in [0.1, 0.15) is 37.7 Å². The molecule has 0 spiro atoms. The fourth-order valence-corrected chi connectivity index (χ4v) is 2.25. The molecule has 0 saturated carbocycles. The first kappa shape index (κ1) is 16.6. The topological polar surface area (TPSA) is 47.3 Å². The molecule has 1 unspecified atom stereocenters. The van der Waals surface area contributed by atoms with Crippen molar-refractivity contribution in [2.75, 3.05) is 6.61 Å². The van der Waals surface area contributed by atoms with Crippen LogP contribution in [0.15, 0.2) is 30.6 Å². The van der Waals surface area contributed by atoms with Crippen molar-refractivity contribution in [3.05, 3.63) is 47.5 Å². The fourth-order valence-electron chi connectivity index (χ4n) is 2.25. The lowest BCUT2D eigenvalue weighted by Gasteiger charge is -2.19. The van der Waals surface area contributed by atoms with E-state index in [4.69, 9.17) is 4.74 Å². The molecular weight excluding hydrogens is 276 g/mol. The van der Waals surface area contributed by atoms with Crippen molar-refractivity contribution in [1.82, 2.24) is 9.55 Å². The largest absolute Gasteiger partial charge is 0.491 e. The lowest BCUT2D eigenvalue weighted by Crippen LogP contribution is -2.23. The van der Waals surface area contributed by atoms with Gasteiger partial charge in [0.15, 0.2) is 0 Å². The Morgan fingerprint density at radius 1 is 1.18 bits per heavy atom. The first-order valence-corrected chi connectivity index (χ1v) is 7.67. The van der Waals surface area contributed by atoms with Gasteiger partial charge in [0.05, 0.1) is 18.6 Å². The second kappa shape index (κ2) is 6.53. The smallest absolute Gasteiger partial charge is 0.119 e. The van der Waals surface area contributed by atoms with E-state index in [1.165, 1.54) is 5.56 Å². The molecule has 2 rings (SSSR count). The van der Waals surface area contributed by atoms with Gasteiger partial charge in [0.25, 0.3) is 0 Å². The average molecular weight is 302 g/mol. The third-order valence-corrected chi connectivity index (χ3v) is 3.92. The molecule has 4 nitrogen and oxygen atoms in total. The Kier molecular flexibility index (Phi) is 4.91. The van der Waals surface area contributed by atoms with E-state index in [2.05, 4.69) is 37.9 Å². The molecule has 0 bridgehead atoms. The molecule has 0 aliphatic carbocycles. The van der Waals surface area contributed by atoms with E-state index < -0.39 is 6.10 Å². The van der Waals surface area contributed by atoms with E-state index in [1.54, 1.807) is 6.33 Å². The summed E-state index contributed by atoms with van der Waals surface area (Å²) in [6.07, 6.45) is 1.20. The molecule has 1 atom stereocenters. The minimum absolute atomic E-state index is 0.134. The van der Waals surface area contributed by atoms with Gasteiger partial charge in [-0.1, -0.05) is 32.9 Å². The molecule has 0 aliphatic rings. The van der Waals surface area contributed by atoms with Crippen molar-refractivity contribution in [1.29, 1.82) is 0 Å². The number of aliphatic hydroxyl groups excluding tert-OH is 1. The lowest BCUT2D eigenvalue weighted by molar-refractivity contribution is 0.0919. The number of hydrogen-bond donors (Lipinski definition) is 1. The molecule has 0 amide bonds. The van der Waals surface area contributed by atoms with Gasteiger partial charge in [-0.05, 0) is 37.0 Å². The fraction of sp³-hybridized carbons (Fsp3) is 0.500. The van der Waals surface area contributed by atoms with Gasteiger partial charge in [0.1, 0.15) is 18.5 Å². The van der Waals surface area contributed by atoms with Crippen LogP contribution < -0.4 is 4.74 Å². The molecule has 0 fully saturated rings. The van der Waals surface area contributed by atoms with E-state index in [-0.39, 0.29) is 12.0 Å². The Hall–Kier alpha value is -1.81. The number of hydrogen-bond acceptors (Lipinski definition) is 3. The summed E-state index contributed by atoms with van der Waals surface area (Å²) in [6.45, 7) is 11.3. The van der Waals surface area contributed by atoms with Gasteiger partial charge in [-0.15, -0.1) is 0 Å².